The molecule has 0 unspecified atom stereocenters. The van der Waals surface area contributed by atoms with Crippen LogP contribution in [0.5, 0.6) is 0 Å². The monoisotopic (exact) mass is 204 g/mol. The number of carbonyl (C=O) groups excluding carboxylic acids is 1. The number of benzene rings is 1. The Morgan fingerprint density at radius 1 is 1.60 bits per heavy atom. The number of nitriles is 1. The number of nitrogens with zero attached hydrogens (tertiary/aromatic N) is 1. The molecule has 76 valence electrons. The molecule has 0 atom stereocenters. The van der Waals surface area contributed by atoms with Crippen molar-refractivity contribution < 1.29 is 9.18 Å². The Morgan fingerprint density at radius 3 is 2.93 bits per heavy atom. The Kier molecular flexibility index (Phi) is 3.58. The fourth-order valence-corrected chi connectivity index (χ4v) is 1.07. The summed E-state index contributed by atoms with van der Waals surface area (Å²) in [5.41, 5.74) is 0.0240. The number of halogens is 1. The summed E-state index contributed by atoms with van der Waals surface area (Å²) < 4.78 is 13.1. The zero-order valence-corrected chi connectivity index (χ0v) is 8.12. The zero-order chi connectivity index (χ0) is 11.3. The normalized spacial score (nSPS) is 9.93. The molecule has 1 aromatic carbocycles. The summed E-state index contributed by atoms with van der Waals surface area (Å²) in [6.07, 6.45) is 2.85. The molecule has 1 aromatic rings. The minimum Gasteiger partial charge on any atom is -0.321 e. The molecule has 0 spiro atoms. The highest BCUT2D eigenvalue weighted by atomic mass is 19.1. The molecule has 15 heavy (non-hydrogen) atoms. The Morgan fingerprint density at radius 2 is 2.33 bits per heavy atom. The van der Waals surface area contributed by atoms with Gasteiger partial charge in [-0.2, -0.15) is 5.26 Å². The van der Waals surface area contributed by atoms with E-state index in [0.29, 0.717) is 0 Å². The lowest BCUT2D eigenvalue weighted by Gasteiger charge is -2.04. The average molecular weight is 204 g/mol. The molecule has 4 heteroatoms. The van der Waals surface area contributed by atoms with E-state index in [9.17, 15) is 9.18 Å². The Hall–Kier alpha value is -2.15. The second-order valence-corrected chi connectivity index (χ2v) is 2.76. The lowest BCUT2D eigenvalue weighted by atomic mass is 10.2. The van der Waals surface area contributed by atoms with Crippen LogP contribution in [0, 0.1) is 17.1 Å². The molecule has 0 radical (unpaired) electrons. The first-order chi connectivity index (χ1) is 7.19. The molecule has 0 heterocycles. The van der Waals surface area contributed by atoms with Gasteiger partial charge in [0.1, 0.15) is 17.4 Å². The van der Waals surface area contributed by atoms with Crippen molar-refractivity contribution >= 4 is 11.6 Å². The van der Waals surface area contributed by atoms with Gasteiger partial charge in [0, 0.05) is 0 Å². The molecule has 0 saturated heterocycles. The fourth-order valence-electron chi connectivity index (χ4n) is 1.07. The van der Waals surface area contributed by atoms with Gasteiger partial charge in [0.15, 0.2) is 0 Å². The van der Waals surface area contributed by atoms with Crippen LogP contribution in [0.15, 0.2) is 30.4 Å². The lowest BCUT2D eigenvalue weighted by Crippen LogP contribution is -2.09. The second-order valence-electron chi connectivity index (χ2n) is 2.76. The van der Waals surface area contributed by atoms with Crippen LogP contribution < -0.4 is 5.32 Å². The van der Waals surface area contributed by atoms with Gasteiger partial charge in [-0.15, -0.1) is 0 Å². The van der Waals surface area contributed by atoms with E-state index in [1.54, 1.807) is 19.1 Å². The molecule has 0 bridgehead atoms. The van der Waals surface area contributed by atoms with Gasteiger partial charge in [-0.3, -0.25) is 4.79 Å². The predicted octanol–water partition coefficient (Wildman–Crippen LogP) is 2.21. The van der Waals surface area contributed by atoms with Crippen LogP contribution in [0.3, 0.4) is 0 Å². The third-order valence-corrected chi connectivity index (χ3v) is 1.70. The van der Waals surface area contributed by atoms with E-state index >= 15 is 0 Å². The Balaban J connectivity index is 3.01. The molecule has 1 rings (SSSR count). The smallest absolute Gasteiger partial charge is 0.248 e. The van der Waals surface area contributed by atoms with Crippen molar-refractivity contribution in [3.05, 3.63) is 41.7 Å². The molecular formula is C11H9FN2O. The largest absolute Gasteiger partial charge is 0.321 e. The molecule has 0 saturated carbocycles. The number of hydrogen-bond donors (Lipinski definition) is 1. The van der Waals surface area contributed by atoms with Gasteiger partial charge in [-0.25, -0.2) is 4.39 Å². The van der Waals surface area contributed by atoms with Crippen LogP contribution in [0.2, 0.25) is 0 Å². The summed E-state index contributed by atoms with van der Waals surface area (Å²) in [5.74, 6) is -1.03. The second kappa shape index (κ2) is 4.91. The quantitative estimate of drug-likeness (QED) is 0.751. The van der Waals surface area contributed by atoms with Crippen molar-refractivity contribution in [2.45, 2.75) is 6.92 Å². The fraction of sp³-hybridized carbons (Fsp3) is 0.0909. The highest BCUT2D eigenvalue weighted by Gasteiger charge is 2.08. The summed E-state index contributed by atoms with van der Waals surface area (Å²) in [7, 11) is 0. The van der Waals surface area contributed by atoms with Crippen molar-refractivity contribution in [3.63, 3.8) is 0 Å². The van der Waals surface area contributed by atoms with Crippen LogP contribution in [0.25, 0.3) is 0 Å². The van der Waals surface area contributed by atoms with E-state index in [-0.39, 0.29) is 17.2 Å². The molecule has 1 amide bonds. The summed E-state index contributed by atoms with van der Waals surface area (Å²) in [4.78, 5) is 11.2. The van der Waals surface area contributed by atoms with Crippen molar-refractivity contribution in [3.8, 4) is 6.07 Å². The van der Waals surface area contributed by atoms with Crippen LogP contribution >= 0.6 is 0 Å². The van der Waals surface area contributed by atoms with Gasteiger partial charge >= 0.3 is 0 Å². The van der Waals surface area contributed by atoms with Crippen molar-refractivity contribution in [2.75, 3.05) is 5.32 Å². The number of nitrogens with one attached hydrogen (secondary N) is 1. The highest BCUT2D eigenvalue weighted by Crippen LogP contribution is 2.17. The number of amides is 1. The first-order valence-electron chi connectivity index (χ1n) is 4.31. The molecule has 0 aromatic heterocycles. The number of carbonyl (C=O) groups is 1. The van der Waals surface area contributed by atoms with Gasteiger partial charge in [0.2, 0.25) is 5.91 Å². The van der Waals surface area contributed by atoms with Gasteiger partial charge in [-0.1, -0.05) is 12.1 Å². The van der Waals surface area contributed by atoms with Gasteiger partial charge < -0.3 is 5.32 Å². The number of hydrogen-bond acceptors (Lipinski definition) is 2. The number of rotatable bonds is 2. The molecule has 1 N–H and O–H groups in total. The van der Waals surface area contributed by atoms with Crippen molar-refractivity contribution in [1.82, 2.24) is 0 Å². The lowest BCUT2D eigenvalue weighted by molar-refractivity contribution is -0.111. The minimum atomic E-state index is -0.643. The van der Waals surface area contributed by atoms with Crippen molar-refractivity contribution in [2.24, 2.45) is 0 Å². The Labute approximate surface area is 86.8 Å². The number of anilines is 1. The first kappa shape index (κ1) is 10.9. The molecule has 0 aliphatic rings. The SMILES string of the molecule is C/C=C/C(=O)Nc1cccc(F)c1C#N. The number of allylic oxidation sites excluding steroid dienone is 1. The third-order valence-electron chi connectivity index (χ3n) is 1.70. The summed E-state index contributed by atoms with van der Waals surface area (Å²) in [6.45, 7) is 1.69. The molecule has 3 nitrogen and oxygen atoms in total. The van der Waals surface area contributed by atoms with Crippen molar-refractivity contribution in [1.29, 1.82) is 5.26 Å². The van der Waals surface area contributed by atoms with E-state index in [1.165, 1.54) is 24.3 Å². The standard InChI is InChI=1S/C11H9FN2O/c1-2-4-11(15)14-10-6-3-5-9(12)8(10)7-13/h2-6H,1H3,(H,14,15)/b4-2+. The van der Waals surface area contributed by atoms with Crippen LogP contribution in [0.4, 0.5) is 10.1 Å². The maximum Gasteiger partial charge on any atom is 0.248 e. The average Bonchev–Trinajstić information content (AvgIpc) is 2.18. The summed E-state index contributed by atoms with van der Waals surface area (Å²) in [6, 6.07) is 5.78. The maximum atomic E-state index is 13.1. The summed E-state index contributed by atoms with van der Waals surface area (Å²) in [5, 5.41) is 11.1. The van der Waals surface area contributed by atoms with Crippen LogP contribution in [-0.4, -0.2) is 5.91 Å². The zero-order valence-electron chi connectivity index (χ0n) is 8.12. The third kappa shape index (κ3) is 2.64. The highest BCUT2D eigenvalue weighted by molar-refractivity contribution is 6.00. The van der Waals surface area contributed by atoms with E-state index in [4.69, 9.17) is 5.26 Å². The van der Waals surface area contributed by atoms with E-state index in [1.807, 2.05) is 0 Å². The summed E-state index contributed by atoms with van der Waals surface area (Å²) >= 11 is 0. The molecule has 0 aliphatic carbocycles. The van der Waals surface area contributed by atoms with E-state index < -0.39 is 5.82 Å². The molecular weight excluding hydrogens is 195 g/mol. The van der Waals surface area contributed by atoms with Gasteiger partial charge in [-0.05, 0) is 25.1 Å². The molecule has 0 fully saturated rings. The van der Waals surface area contributed by atoms with Gasteiger partial charge in [0.25, 0.3) is 0 Å². The maximum absolute atomic E-state index is 13.1. The predicted molar refractivity (Wildman–Crippen MR) is 54.6 cm³/mol. The Bertz CT molecular complexity index is 446. The van der Waals surface area contributed by atoms with E-state index in [2.05, 4.69) is 5.32 Å². The van der Waals surface area contributed by atoms with Crippen LogP contribution in [0.1, 0.15) is 12.5 Å². The van der Waals surface area contributed by atoms with E-state index in [0.717, 1.165) is 0 Å². The topological polar surface area (TPSA) is 52.9 Å². The molecule has 0 aliphatic heterocycles. The van der Waals surface area contributed by atoms with Crippen LogP contribution in [-0.2, 0) is 4.79 Å². The first-order valence-corrected chi connectivity index (χ1v) is 4.31. The van der Waals surface area contributed by atoms with Gasteiger partial charge in [0.05, 0.1) is 5.69 Å². The minimum absolute atomic E-state index is 0.157.